The minimum Gasteiger partial charge on any atom is -0.505 e. The van der Waals surface area contributed by atoms with Gasteiger partial charge in [-0.1, -0.05) is 84.9 Å². The second-order valence-electron chi connectivity index (χ2n) is 12.5. The molecule has 0 saturated heterocycles. The summed E-state index contributed by atoms with van der Waals surface area (Å²) in [6, 6.07) is 18.0. The Labute approximate surface area is 216 Å². The molecule has 37 heavy (non-hydrogen) atoms. The maximum atomic E-state index is 11.7. The van der Waals surface area contributed by atoms with Crippen molar-refractivity contribution in [1.82, 2.24) is 25.0 Å². The van der Waals surface area contributed by atoms with Crippen LogP contribution >= 0.6 is 0 Å². The van der Waals surface area contributed by atoms with Crippen molar-refractivity contribution in [3.63, 3.8) is 0 Å². The first kappa shape index (κ1) is 24.8. The number of benzene rings is 3. The van der Waals surface area contributed by atoms with Crippen LogP contribution in [0.4, 0.5) is 0 Å². The molecule has 3 N–H and O–H groups in total. The van der Waals surface area contributed by atoms with Gasteiger partial charge in [0.15, 0.2) is 0 Å². The molecule has 0 atom stereocenters. The third-order valence-electron chi connectivity index (χ3n) is 7.24. The van der Waals surface area contributed by atoms with Crippen molar-refractivity contribution in [3.05, 3.63) is 81.8 Å². The molecule has 0 saturated carbocycles. The van der Waals surface area contributed by atoms with Crippen molar-refractivity contribution >= 4 is 22.1 Å². The van der Waals surface area contributed by atoms with Crippen LogP contribution in [0.1, 0.15) is 71.6 Å². The van der Waals surface area contributed by atoms with Crippen LogP contribution in [0.25, 0.3) is 27.8 Å². The van der Waals surface area contributed by atoms with Crippen LogP contribution in [-0.4, -0.2) is 30.1 Å². The number of phenolic OH excluding ortho intramolecular Hbond substituents is 1. The van der Waals surface area contributed by atoms with E-state index in [1.165, 1.54) is 4.80 Å². The Balaban J connectivity index is 1.74. The molecule has 0 radical (unpaired) electrons. The van der Waals surface area contributed by atoms with E-state index < -0.39 is 5.41 Å². The predicted octanol–water partition coefficient (Wildman–Crippen LogP) is 6.34. The highest BCUT2D eigenvalue weighted by Crippen LogP contribution is 2.44. The number of nitrogens with zero attached hydrogens (tertiary/aromatic N) is 3. The lowest BCUT2D eigenvalue weighted by atomic mass is 9.70. The quantitative estimate of drug-likeness (QED) is 0.264. The van der Waals surface area contributed by atoms with Gasteiger partial charge in [0.05, 0.1) is 11.0 Å². The van der Waals surface area contributed by atoms with Gasteiger partial charge in [-0.15, -0.1) is 15.0 Å². The Hall–Kier alpha value is -3.87. The number of imidazole rings is 1. The van der Waals surface area contributed by atoms with Gasteiger partial charge in [-0.3, -0.25) is 0 Å². The molecule has 0 aliphatic rings. The van der Waals surface area contributed by atoms with E-state index in [1.807, 2.05) is 24.3 Å². The maximum Gasteiger partial charge on any atom is 0.323 e. The number of fused-ring (bicyclic) bond motifs is 2. The van der Waals surface area contributed by atoms with E-state index in [-0.39, 0.29) is 22.3 Å². The number of H-pyrrole nitrogens is 2. The average molecular weight is 498 g/mol. The fraction of sp³-hybridized carbons (Fsp3) is 0.367. The summed E-state index contributed by atoms with van der Waals surface area (Å²) < 4.78 is 0. The summed E-state index contributed by atoms with van der Waals surface area (Å²) in [6.45, 7) is 15.5. The lowest BCUT2D eigenvalue weighted by Gasteiger charge is -2.35. The molecule has 0 amide bonds. The molecular formula is C30H35N5O2. The molecule has 2 aromatic heterocycles. The molecule has 7 heteroatoms. The SMILES string of the molecule is CC(C)(C)CC(C)(C)c1cc(-n2nc3cc4[nH]c(=O)[nH]c4cc3n2)c(O)c(C(C)(C)c2ccccc2)c1. The number of nitrogens with one attached hydrogen (secondary N) is 2. The minimum absolute atomic E-state index is 0.118. The summed E-state index contributed by atoms with van der Waals surface area (Å²) >= 11 is 0. The fourth-order valence-corrected chi connectivity index (χ4v) is 5.63. The van der Waals surface area contributed by atoms with E-state index in [1.54, 1.807) is 12.1 Å². The lowest BCUT2D eigenvalue weighted by Crippen LogP contribution is -2.27. The molecule has 0 unspecified atom stereocenters. The van der Waals surface area contributed by atoms with Crippen LogP contribution in [0.15, 0.2) is 59.4 Å². The normalized spacial score (nSPS) is 13.1. The molecule has 5 rings (SSSR count). The van der Waals surface area contributed by atoms with Crippen LogP contribution in [0.2, 0.25) is 0 Å². The molecule has 0 bridgehead atoms. The molecule has 2 heterocycles. The van der Waals surface area contributed by atoms with Crippen molar-refractivity contribution in [3.8, 4) is 11.4 Å². The molecule has 0 aliphatic heterocycles. The summed E-state index contributed by atoms with van der Waals surface area (Å²) in [5, 5.41) is 21.1. The summed E-state index contributed by atoms with van der Waals surface area (Å²) in [4.78, 5) is 18.8. The predicted molar refractivity (Wildman–Crippen MR) is 149 cm³/mol. The van der Waals surface area contributed by atoms with Crippen LogP contribution in [-0.2, 0) is 10.8 Å². The van der Waals surface area contributed by atoms with Gasteiger partial charge in [-0.2, -0.15) is 0 Å². The highest BCUT2D eigenvalue weighted by Gasteiger charge is 2.33. The van der Waals surface area contributed by atoms with Crippen molar-refractivity contribution in [2.24, 2.45) is 5.41 Å². The summed E-state index contributed by atoms with van der Waals surface area (Å²) in [5.74, 6) is 0.156. The van der Waals surface area contributed by atoms with E-state index in [0.717, 1.165) is 23.1 Å². The van der Waals surface area contributed by atoms with Crippen molar-refractivity contribution in [2.45, 2.75) is 65.7 Å². The van der Waals surface area contributed by atoms with E-state index in [9.17, 15) is 9.90 Å². The largest absolute Gasteiger partial charge is 0.505 e. The molecular weight excluding hydrogens is 462 g/mol. The Morgan fingerprint density at radius 3 is 1.92 bits per heavy atom. The van der Waals surface area contributed by atoms with Gasteiger partial charge < -0.3 is 15.1 Å². The monoisotopic (exact) mass is 497 g/mol. The van der Waals surface area contributed by atoms with Gasteiger partial charge in [-0.25, -0.2) is 4.79 Å². The number of aromatic nitrogens is 5. The second-order valence-corrected chi connectivity index (χ2v) is 12.5. The van der Waals surface area contributed by atoms with Gasteiger partial charge >= 0.3 is 5.69 Å². The molecule has 0 fully saturated rings. The highest BCUT2D eigenvalue weighted by molar-refractivity contribution is 5.90. The average Bonchev–Trinajstić information content (AvgIpc) is 3.37. The smallest absolute Gasteiger partial charge is 0.323 e. The zero-order valence-corrected chi connectivity index (χ0v) is 22.6. The van der Waals surface area contributed by atoms with Gasteiger partial charge in [0.2, 0.25) is 0 Å². The van der Waals surface area contributed by atoms with Crippen LogP contribution in [0.5, 0.6) is 5.75 Å². The van der Waals surface area contributed by atoms with Crippen LogP contribution < -0.4 is 5.69 Å². The second kappa shape index (κ2) is 8.33. The molecule has 3 aromatic carbocycles. The summed E-state index contributed by atoms with van der Waals surface area (Å²) in [5.41, 5.74) is 5.40. The molecule has 0 aliphatic carbocycles. The van der Waals surface area contributed by atoms with Crippen LogP contribution in [0.3, 0.4) is 0 Å². The Kier molecular flexibility index (Phi) is 5.59. The number of rotatable bonds is 5. The first-order valence-electron chi connectivity index (χ1n) is 12.7. The number of hydrogen-bond acceptors (Lipinski definition) is 4. The van der Waals surface area contributed by atoms with Crippen molar-refractivity contribution < 1.29 is 5.11 Å². The topological polar surface area (TPSA) is 99.6 Å². The van der Waals surface area contributed by atoms with Gasteiger partial charge in [0, 0.05) is 11.0 Å². The molecule has 5 aromatic rings. The summed E-state index contributed by atoms with van der Waals surface area (Å²) in [6.07, 6.45) is 0.960. The third kappa shape index (κ3) is 4.54. The third-order valence-corrected chi connectivity index (χ3v) is 7.24. The van der Waals surface area contributed by atoms with Crippen molar-refractivity contribution in [1.29, 1.82) is 0 Å². The number of phenols is 1. The number of aromatic amines is 2. The Morgan fingerprint density at radius 1 is 0.811 bits per heavy atom. The first-order chi connectivity index (χ1) is 17.2. The van der Waals surface area contributed by atoms with Crippen molar-refractivity contribution in [2.75, 3.05) is 0 Å². The van der Waals surface area contributed by atoms with E-state index in [2.05, 4.69) is 76.6 Å². The lowest BCUT2D eigenvalue weighted by molar-refractivity contribution is 0.283. The number of aromatic hydroxyl groups is 1. The Morgan fingerprint density at radius 2 is 1.38 bits per heavy atom. The minimum atomic E-state index is -0.462. The highest BCUT2D eigenvalue weighted by atomic mass is 16.3. The van der Waals surface area contributed by atoms with E-state index >= 15 is 0 Å². The number of hydrogen-bond donors (Lipinski definition) is 3. The maximum absolute atomic E-state index is 11.7. The summed E-state index contributed by atoms with van der Waals surface area (Å²) in [7, 11) is 0. The van der Waals surface area contributed by atoms with E-state index in [0.29, 0.717) is 27.8 Å². The standard InChI is InChI=1S/C30H35N5O2/c1-28(2,3)17-29(4,5)19-13-20(30(6,7)18-11-9-8-10-12-18)26(36)25(14-19)35-33-23-15-21-22(16-24(23)34-35)32-27(37)31-21/h8-16,36H,17H2,1-7H3,(H2,31,32,37). The fourth-order valence-electron chi connectivity index (χ4n) is 5.63. The van der Waals surface area contributed by atoms with Gasteiger partial charge in [0.1, 0.15) is 22.5 Å². The van der Waals surface area contributed by atoms with Crippen LogP contribution in [0, 0.1) is 5.41 Å². The molecule has 7 nitrogen and oxygen atoms in total. The molecule has 192 valence electrons. The Bertz CT molecular complexity index is 1610. The first-order valence-corrected chi connectivity index (χ1v) is 12.7. The van der Waals surface area contributed by atoms with E-state index in [4.69, 9.17) is 10.2 Å². The zero-order chi connectivity index (χ0) is 26.8. The zero-order valence-electron chi connectivity index (χ0n) is 22.6. The van der Waals surface area contributed by atoms with Gasteiger partial charge in [-0.05, 0) is 46.6 Å². The molecule has 0 spiro atoms. The van der Waals surface area contributed by atoms with Gasteiger partial charge in [0.25, 0.3) is 0 Å².